The number of carbonyl (C=O) groups is 1. The SMILES string of the molecule is NC(CNC(=O)c1nnn(-c2ccccc2F)c1C(F)(F)F)C1CC1. The average Bonchev–Trinajstić information content (AvgIpc) is 3.30. The maximum atomic E-state index is 13.8. The summed E-state index contributed by atoms with van der Waals surface area (Å²) in [6.45, 7) is 0.0351. The van der Waals surface area contributed by atoms with Crippen LogP contribution in [0.5, 0.6) is 0 Å². The lowest BCUT2D eigenvalue weighted by molar-refractivity contribution is -0.143. The fourth-order valence-corrected chi connectivity index (χ4v) is 2.47. The van der Waals surface area contributed by atoms with Crippen molar-refractivity contribution in [3.8, 4) is 5.69 Å². The van der Waals surface area contributed by atoms with Gasteiger partial charge in [-0.15, -0.1) is 5.10 Å². The van der Waals surface area contributed by atoms with Crippen molar-refractivity contribution in [1.82, 2.24) is 20.3 Å². The number of benzene rings is 1. The van der Waals surface area contributed by atoms with Gasteiger partial charge in [0.2, 0.25) is 0 Å². The molecular formula is C15H15F4N5O. The summed E-state index contributed by atoms with van der Waals surface area (Å²) in [5.41, 5.74) is 3.02. The Hall–Kier alpha value is -2.49. The van der Waals surface area contributed by atoms with Crippen LogP contribution in [-0.4, -0.2) is 33.5 Å². The summed E-state index contributed by atoms with van der Waals surface area (Å²) in [4.78, 5) is 12.1. The van der Waals surface area contributed by atoms with E-state index in [4.69, 9.17) is 5.73 Å². The van der Waals surface area contributed by atoms with E-state index in [1.165, 1.54) is 12.1 Å². The lowest BCUT2D eigenvalue weighted by atomic mass is 10.2. The summed E-state index contributed by atoms with van der Waals surface area (Å²) >= 11 is 0. The summed E-state index contributed by atoms with van der Waals surface area (Å²) in [7, 11) is 0. The number of rotatable bonds is 5. The molecule has 0 aliphatic heterocycles. The second-order valence-electron chi connectivity index (χ2n) is 5.86. The molecular weight excluding hydrogens is 342 g/mol. The molecule has 1 aliphatic carbocycles. The fourth-order valence-electron chi connectivity index (χ4n) is 2.47. The maximum Gasteiger partial charge on any atom is 0.435 e. The van der Waals surface area contributed by atoms with Gasteiger partial charge in [0, 0.05) is 12.6 Å². The van der Waals surface area contributed by atoms with Gasteiger partial charge in [-0.05, 0) is 30.9 Å². The van der Waals surface area contributed by atoms with Crippen molar-refractivity contribution in [2.75, 3.05) is 6.54 Å². The lowest BCUT2D eigenvalue weighted by Crippen LogP contribution is -2.39. The molecule has 0 saturated heterocycles. The van der Waals surface area contributed by atoms with E-state index in [-0.39, 0.29) is 23.2 Å². The van der Waals surface area contributed by atoms with Gasteiger partial charge in [0.25, 0.3) is 5.91 Å². The van der Waals surface area contributed by atoms with Gasteiger partial charge in [-0.3, -0.25) is 4.79 Å². The molecule has 25 heavy (non-hydrogen) atoms. The Bertz CT molecular complexity index is 784. The number of hydrogen-bond acceptors (Lipinski definition) is 4. The van der Waals surface area contributed by atoms with Gasteiger partial charge in [0.15, 0.2) is 11.4 Å². The van der Waals surface area contributed by atoms with Gasteiger partial charge in [0.1, 0.15) is 11.5 Å². The molecule has 0 radical (unpaired) electrons. The Kier molecular flexibility index (Phi) is 4.46. The van der Waals surface area contributed by atoms with E-state index in [2.05, 4.69) is 15.6 Å². The summed E-state index contributed by atoms with van der Waals surface area (Å²) in [5, 5.41) is 8.97. The number of aromatic nitrogens is 3. The summed E-state index contributed by atoms with van der Waals surface area (Å²) < 4.78 is 54.4. The van der Waals surface area contributed by atoms with Crippen molar-refractivity contribution in [2.45, 2.75) is 25.1 Å². The molecule has 1 unspecified atom stereocenters. The molecule has 3 rings (SSSR count). The number of carbonyl (C=O) groups excluding carboxylic acids is 1. The number of nitrogens with zero attached hydrogens (tertiary/aromatic N) is 3. The Labute approximate surface area is 140 Å². The highest BCUT2D eigenvalue weighted by Gasteiger charge is 2.42. The van der Waals surface area contributed by atoms with Crippen LogP contribution < -0.4 is 11.1 Å². The molecule has 2 aromatic rings. The summed E-state index contributed by atoms with van der Waals surface area (Å²) in [6, 6.07) is 4.47. The third-order valence-corrected chi connectivity index (χ3v) is 3.96. The standard InChI is InChI=1S/C15H15F4N5O/c16-9-3-1-2-4-11(9)24-13(15(17,18)19)12(22-23-24)14(25)21-7-10(20)8-5-6-8/h1-4,8,10H,5-7,20H2,(H,21,25). The quantitative estimate of drug-likeness (QED) is 0.801. The molecule has 1 amide bonds. The number of amides is 1. The minimum absolute atomic E-state index is 0.0351. The molecule has 1 atom stereocenters. The van der Waals surface area contributed by atoms with Crippen LogP contribution in [-0.2, 0) is 6.18 Å². The van der Waals surface area contributed by atoms with Crippen LogP contribution in [0.4, 0.5) is 17.6 Å². The van der Waals surface area contributed by atoms with Crippen LogP contribution in [0.15, 0.2) is 24.3 Å². The van der Waals surface area contributed by atoms with Crippen molar-refractivity contribution in [2.24, 2.45) is 11.7 Å². The van der Waals surface area contributed by atoms with Gasteiger partial charge in [-0.2, -0.15) is 13.2 Å². The van der Waals surface area contributed by atoms with Crippen LogP contribution in [0.3, 0.4) is 0 Å². The Morgan fingerprint density at radius 3 is 2.64 bits per heavy atom. The lowest BCUT2D eigenvalue weighted by Gasteiger charge is -2.13. The van der Waals surface area contributed by atoms with Crippen LogP contribution in [0.1, 0.15) is 29.0 Å². The molecule has 134 valence electrons. The molecule has 6 nitrogen and oxygen atoms in total. The summed E-state index contributed by atoms with van der Waals surface area (Å²) in [6.07, 6.45) is -3.07. The van der Waals surface area contributed by atoms with Gasteiger partial charge in [0.05, 0.1) is 0 Å². The first-order chi connectivity index (χ1) is 11.8. The average molecular weight is 357 g/mol. The molecule has 10 heteroatoms. The molecule has 1 aromatic carbocycles. The second-order valence-corrected chi connectivity index (χ2v) is 5.86. The molecule has 3 N–H and O–H groups in total. The first-order valence-electron chi connectivity index (χ1n) is 7.60. The zero-order chi connectivity index (χ0) is 18.2. The summed E-state index contributed by atoms with van der Waals surface area (Å²) in [5.74, 6) is -1.69. The second kappa shape index (κ2) is 6.43. The first-order valence-corrected chi connectivity index (χ1v) is 7.60. The highest BCUT2D eigenvalue weighted by molar-refractivity contribution is 5.93. The zero-order valence-corrected chi connectivity index (χ0v) is 12.9. The first kappa shape index (κ1) is 17.3. The van der Waals surface area contributed by atoms with Crippen molar-refractivity contribution in [3.63, 3.8) is 0 Å². The smallest absolute Gasteiger partial charge is 0.349 e. The Balaban J connectivity index is 1.92. The van der Waals surface area contributed by atoms with E-state index < -0.39 is 35.0 Å². The number of hydrogen-bond donors (Lipinski definition) is 2. The topological polar surface area (TPSA) is 85.8 Å². The predicted octanol–water partition coefficient (Wildman–Crippen LogP) is 1.89. The third-order valence-electron chi connectivity index (χ3n) is 3.96. The van der Waals surface area contributed by atoms with Gasteiger partial charge in [-0.1, -0.05) is 17.3 Å². The van der Waals surface area contributed by atoms with E-state index in [1.807, 2.05) is 0 Å². The van der Waals surface area contributed by atoms with Gasteiger partial charge < -0.3 is 11.1 Å². The number of alkyl halides is 3. The van der Waals surface area contributed by atoms with Crippen LogP contribution in [0, 0.1) is 11.7 Å². The van der Waals surface area contributed by atoms with Gasteiger partial charge >= 0.3 is 6.18 Å². The number of nitrogens with two attached hydrogens (primary N) is 1. The number of halogens is 4. The Morgan fingerprint density at radius 1 is 1.36 bits per heavy atom. The molecule has 1 heterocycles. The van der Waals surface area contributed by atoms with E-state index in [0.29, 0.717) is 0 Å². The van der Waals surface area contributed by atoms with Crippen molar-refractivity contribution < 1.29 is 22.4 Å². The number of nitrogens with one attached hydrogen (secondary N) is 1. The molecule has 0 bridgehead atoms. The molecule has 1 aromatic heterocycles. The van der Waals surface area contributed by atoms with Crippen LogP contribution in [0.25, 0.3) is 5.69 Å². The monoisotopic (exact) mass is 357 g/mol. The minimum atomic E-state index is -4.95. The predicted molar refractivity (Wildman–Crippen MR) is 79.4 cm³/mol. The van der Waals surface area contributed by atoms with Crippen LogP contribution in [0.2, 0.25) is 0 Å². The van der Waals surface area contributed by atoms with E-state index in [0.717, 1.165) is 25.0 Å². The molecule has 1 aliphatic rings. The molecule has 0 spiro atoms. The molecule has 1 fully saturated rings. The normalized spacial score (nSPS) is 15.9. The van der Waals surface area contributed by atoms with Crippen molar-refractivity contribution in [3.05, 3.63) is 41.5 Å². The van der Waals surface area contributed by atoms with E-state index in [9.17, 15) is 22.4 Å². The Morgan fingerprint density at radius 2 is 2.04 bits per heavy atom. The maximum absolute atomic E-state index is 13.8. The van der Waals surface area contributed by atoms with Crippen molar-refractivity contribution >= 4 is 5.91 Å². The van der Waals surface area contributed by atoms with E-state index in [1.54, 1.807) is 0 Å². The highest BCUT2D eigenvalue weighted by atomic mass is 19.4. The van der Waals surface area contributed by atoms with Crippen molar-refractivity contribution in [1.29, 1.82) is 0 Å². The zero-order valence-electron chi connectivity index (χ0n) is 12.9. The fraction of sp³-hybridized carbons (Fsp3) is 0.400. The molecule has 1 saturated carbocycles. The van der Waals surface area contributed by atoms with Gasteiger partial charge in [-0.25, -0.2) is 9.07 Å². The largest absolute Gasteiger partial charge is 0.435 e. The third kappa shape index (κ3) is 3.63. The number of para-hydroxylation sites is 1. The van der Waals surface area contributed by atoms with Crippen LogP contribution >= 0.6 is 0 Å². The highest BCUT2D eigenvalue weighted by Crippen LogP contribution is 2.33. The van der Waals surface area contributed by atoms with E-state index >= 15 is 0 Å². The minimum Gasteiger partial charge on any atom is -0.349 e.